The molecule has 1 saturated carbocycles. The lowest BCUT2D eigenvalue weighted by Gasteiger charge is -2.30. The van der Waals surface area contributed by atoms with Crippen LogP contribution in [0.15, 0.2) is 22.8 Å². The van der Waals surface area contributed by atoms with Crippen LogP contribution in [0.2, 0.25) is 0 Å². The third kappa shape index (κ3) is 2.92. The van der Waals surface area contributed by atoms with Crippen LogP contribution in [0.25, 0.3) is 0 Å². The SMILES string of the molecule is OC(CNc1cccc(Br)n1)C1CCC1. The average Bonchev–Trinajstić information content (AvgIpc) is 2.12. The van der Waals surface area contributed by atoms with Crippen molar-refractivity contribution in [3.05, 3.63) is 22.8 Å². The van der Waals surface area contributed by atoms with Crippen LogP contribution in [-0.2, 0) is 0 Å². The van der Waals surface area contributed by atoms with Gasteiger partial charge in [-0.05, 0) is 46.8 Å². The van der Waals surface area contributed by atoms with E-state index in [0.717, 1.165) is 23.3 Å². The lowest BCUT2D eigenvalue weighted by Crippen LogP contribution is -2.32. The number of aliphatic hydroxyl groups excluding tert-OH is 1. The second-order valence-electron chi connectivity index (χ2n) is 3.98. The molecule has 0 aliphatic heterocycles. The molecule has 0 saturated heterocycles. The summed E-state index contributed by atoms with van der Waals surface area (Å²) >= 11 is 3.31. The van der Waals surface area contributed by atoms with E-state index in [-0.39, 0.29) is 6.10 Å². The fourth-order valence-corrected chi connectivity index (χ4v) is 2.05. The minimum atomic E-state index is -0.237. The van der Waals surface area contributed by atoms with E-state index in [1.807, 2.05) is 18.2 Å². The molecule has 1 aliphatic rings. The number of rotatable bonds is 4. The van der Waals surface area contributed by atoms with Crippen LogP contribution in [0.4, 0.5) is 5.82 Å². The van der Waals surface area contributed by atoms with E-state index >= 15 is 0 Å². The molecule has 15 heavy (non-hydrogen) atoms. The molecule has 1 aromatic rings. The molecular formula is C11H15BrN2O. The van der Waals surface area contributed by atoms with Gasteiger partial charge in [-0.25, -0.2) is 4.98 Å². The van der Waals surface area contributed by atoms with E-state index in [4.69, 9.17) is 0 Å². The number of hydrogen-bond donors (Lipinski definition) is 2. The summed E-state index contributed by atoms with van der Waals surface area (Å²) in [5, 5.41) is 12.9. The van der Waals surface area contributed by atoms with Gasteiger partial charge in [-0.15, -0.1) is 0 Å². The second kappa shape index (κ2) is 4.94. The number of anilines is 1. The van der Waals surface area contributed by atoms with Gasteiger partial charge in [-0.1, -0.05) is 12.5 Å². The van der Waals surface area contributed by atoms with Gasteiger partial charge in [0.2, 0.25) is 0 Å². The van der Waals surface area contributed by atoms with Crippen LogP contribution >= 0.6 is 15.9 Å². The largest absolute Gasteiger partial charge is 0.391 e. The number of aliphatic hydroxyl groups is 1. The third-order valence-electron chi connectivity index (χ3n) is 2.90. The smallest absolute Gasteiger partial charge is 0.127 e. The Balaban J connectivity index is 1.81. The van der Waals surface area contributed by atoms with Gasteiger partial charge < -0.3 is 10.4 Å². The fourth-order valence-electron chi connectivity index (χ4n) is 1.71. The predicted molar refractivity (Wildman–Crippen MR) is 63.8 cm³/mol. The number of hydrogen-bond acceptors (Lipinski definition) is 3. The number of pyridine rings is 1. The Hall–Kier alpha value is -0.610. The first-order chi connectivity index (χ1) is 7.25. The summed E-state index contributed by atoms with van der Waals surface area (Å²) in [7, 11) is 0. The summed E-state index contributed by atoms with van der Waals surface area (Å²) in [6.45, 7) is 0.591. The molecule has 0 radical (unpaired) electrons. The summed E-state index contributed by atoms with van der Waals surface area (Å²) in [5.41, 5.74) is 0. The van der Waals surface area contributed by atoms with Gasteiger partial charge in [0.1, 0.15) is 10.4 Å². The van der Waals surface area contributed by atoms with Crippen LogP contribution < -0.4 is 5.32 Å². The fraction of sp³-hybridized carbons (Fsp3) is 0.545. The Morgan fingerprint density at radius 2 is 2.33 bits per heavy atom. The highest BCUT2D eigenvalue weighted by molar-refractivity contribution is 9.10. The highest BCUT2D eigenvalue weighted by Gasteiger charge is 2.25. The van der Waals surface area contributed by atoms with Crippen LogP contribution in [0, 0.1) is 5.92 Å². The van der Waals surface area contributed by atoms with E-state index in [2.05, 4.69) is 26.2 Å². The third-order valence-corrected chi connectivity index (χ3v) is 3.34. The van der Waals surface area contributed by atoms with Crippen molar-refractivity contribution in [2.24, 2.45) is 5.92 Å². The quantitative estimate of drug-likeness (QED) is 0.827. The standard InChI is InChI=1S/C11H15BrN2O/c12-10-5-2-6-11(14-10)13-7-9(15)8-3-1-4-8/h2,5-6,8-9,15H,1,3-4,7H2,(H,13,14). The van der Waals surface area contributed by atoms with Crippen molar-refractivity contribution in [1.82, 2.24) is 4.98 Å². The highest BCUT2D eigenvalue weighted by Crippen LogP contribution is 2.29. The molecule has 0 spiro atoms. The van der Waals surface area contributed by atoms with Crippen molar-refractivity contribution in [2.75, 3.05) is 11.9 Å². The van der Waals surface area contributed by atoms with Crippen molar-refractivity contribution in [3.8, 4) is 0 Å². The van der Waals surface area contributed by atoms with E-state index in [1.165, 1.54) is 6.42 Å². The van der Waals surface area contributed by atoms with E-state index in [1.54, 1.807) is 0 Å². The normalized spacial score (nSPS) is 18.3. The van der Waals surface area contributed by atoms with Crippen molar-refractivity contribution in [1.29, 1.82) is 0 Å². The average molecular weight is 271 g/mol. The van der Waals surface area contributed by atoms with Gasteiger partial charge >= 0.3 is 0 Å². The molecule has 0 amide bonds. The maximum atomic E-state index is 9.80. The monoisotopic (exact) mass is 270 g/mol. The molecule has 4 heteroatoms. The minimum absolute atomic E-state index is 0.237. The highest BCUT2D eigenvalue weighted by atomic mass is 79.9. The summed E-state index contributed by atoms with van der Waals surface area (Å²) in [4.78, 5) is 4.24. The van der Waals surface area contributed by atoms with Gasteiger partial charge in [-0.2, -0.15) is 0 Å². The number of nitrogens with zero attached hydrogens (tertiary/aromatic N) is 1. The molecule has 1 fully saturated rings. The lowest BCUT2D eigenvalue weighted by atomic mass is 9.81. The number of nitrogens with one attached hydrogen (secondary N) is 1. The Morgan fingerprint density at radius 3 is 2.93 bits per heavy atom. The molecule has 1 aliphatic carbocycles. The molecule has 1 aromatic heterocycles. The summed E-state index contributed by atoms with van der Waals surface area (Å²) < 4.78 is 0.811. The molecule has 2 N–H and O–H groups in total. The second-order valence-corrected chi connectivity index (χ2v) is 4.80. The zero-order valence-electron chi connectivity index (χ0n) is 8.49. The van der Waals surface area contributed by atoms with Crippen LogP contribution in [0.1, 0.15) is 19.3 Å². The molecule has 0 bridgehead atoms. The molecular weight excluding hydrogens is 256 g/mol. The molecule has 1 unspecified atom stereocenters. The minimum Gasteiger partial charge on any atom is -0.391 e. The molecule has 3 nitrogen and oxygen atoms in total. The Bertz CT molecular complexity index is 328. The van der Waals surface area contributed by atoms with Gasteiger partial charge in [0, 0.05) is 6.54 Å². The summed E-state index contributed by atoms with van der Waals surface area (Å²) in [6, 6.07) is 5.71. The number of halogens is 1. The maximum Gasteiger partial charge on any atom is 0.127 e. The Kier molecular flexibility index (Phi) is 3.59. The summed E-state index contributed by atoms with van der Waals surface area (Å²) in [5.74, 6) is 1.30. The van der Waals surface area contributed by atoms with Crippen LogP contribution in [-0.4, -0.2) is 22.7 Å². The molecule has 82 valence electrons. The predicted octanol–water partition coefficient (Wildman–Crippen LogP) is 2.42. The Labute approximate surface area is 98.0 Å². The first kappa shape index (κ1) is 10.9. The Morgan fingerprint density at radius 1 is 1.53 bits per heavy atom. The lowest BCUT2D eigenvalue weighted by molar-refractivity contribution is 0.0729. The first-order valence-electron chi connectivity index (χ1n) is 5.30. The van der Waals surface area contributed by atoms with Gasteiger partial charge in [0.05, 0.1) is 6.10 Å². The number of aromatic nitrogens is 1. The van der Waals surface area contributed by atoms with Crippen molar-refractivity contribution < 1.29 is 5.11 Å². The molecule has 0 aromatic carbocycles. The van der Waals surface area contributed by atoms with Gasteiger partial charge in [-0.3, -0.25) is 0 Å². The molecule has 1 heterocycles. The van der Waals surface area contributed by atoms with Gasteiger partial charge in [0.15, 0.2) is 0 Å². The zero-order chi connectivity index (χ0) is 10.7. The molecule has 2 rings (SSSR count). The van der Waals surface area contributed by atoms with Crippen molar-refractivity contribution >= 4 is 21.7 Å². The van der Waals surface area contributed by atoms with Crippen molar-refractivity contribution in [3.63, 3.8) is 0 Å². The van der Waals surface area contributed by atoms with E-state index < -0.39 is 0 Å². The van der Waals surface area contributed by atoms with Gasteiger partial charge in [0.25, 0.3) is 0 Å². The summed E-state index contributed by atoms with van der Waals surface area (Å²) in [6.07, 6.45) is 3.35. The van der Waals surface area contributed by atoms with Crippen LogP contribution in [0.3, 0.4) is 0 Å². The topological polar surface area (TPSA) is 45.1 Å². The molecule has 1 atom stereocenters. The van der Waals surface area contributed by atoms with Crippen molar-refractivity contribution in [2.45, 2.75) is 25.4 Å². The van der Waals surface area contributed by atoms with E-state index in [9.17, 15) is 5.11 Å². The first-order valence-corrected chi connectivity index (χ1v) is 6.09. The maximum absolute atomic E-state index is 9.80. The zero-order valence-corrected chi connectivity index (χ0v) is 10.1. The van der Waals surface area contributed by atoms with Crippen LogP contribution in [0.5, 0.6) is 0 Å². The van der Waals surface area contributed by atoms with E-state index in [0.29, 0.717) is 12.5 Å².